The Morgan fingerprint density at radius 2 is 2.50 bits per heavy atom. The number of oxime groups is 1. The van der Waals surface area contributed by atoms with Gasteiger partial charge in [-0.05, 0) is 18.6 Å². The molecule has 0 heterocycles. The van der Waals surface area contributed by atoms with Crippen molar-refractivity contribution in [1.82, 2.24) is 0 Å². The first-order chi connectivity index (χ1) is 6.60. The topological polar surface area (TPSA) is 41.8 Å². The van der Waals surface area contributed by atoms with Crippen LogP contribution in [0.4, 0.5) is 4.39 Å². The third kappa shape index (κ3) is 2.48. The first-order valence-electron chi connectivity index (χ1n) is 4.19. The fraction of sp³-hybridized carbons (Fsp3) is 0.444. The van der Waals surface area contributed by atoms with Crippen LogP contribution in [0.1, 0.15) is 13.3 Å². The van der Waals surface area contributed by atoms with Gasteiger partial charge in [-0.1, -0.05) is 22.8 Å². The van der Waals surface area contributed by atoms with Crippen LogP contribution in [-0.2, 0) is 4.74 Å². The largest absolute Gasteiger partial charge is 0.493 e. The maximum Gasteiger partial charge on any atom is 0.243 e. The fourth-order valence-corrected chi connectivity index (χ4v) is 1.45. The first kappa shape index (κ1) is 11.0. The summed E-state index contributed by atoms with van der Waals surface area (Å²) in [7, 11) is 0. The van der Waals surface area contributed by atoms with Gasteiger partial charge in [0.15, 0.2) is 0 Å². The van der Waals surface area contributed by atoms with Crippen LogP contribution in [0, 0.1) is 0 Å². The molecule has 0 aromatic heterocycles. The van der Waals surface area contributed by atoms with Gasteiger partial charge in [-0.3, -0.25) is 0 Å². The van der Waals surface area contributed by atoms with Gasteiger partial charge in [0.2, 0.25) is 5.13 Å². The van der Waals surface area contributed by atoms with Gasteiger partial charge in [-0.15, -0.1) is 0 Å². The Hall–Kier alpha value is -1.03. The van der Waals surface area contributed by atoms with Gasteiger partial charge in [0.1, 0.15) is 5.76 Å². The predicted molar refractivity (Wildman–Crippen MR) is 52.4 cm³/mol. The van der Waals surface area contributed by atoms with Crippen LogP contribution in [0.2, 0.25) is 0 Å². The van der Waals surface area contributed by atoms with Crippen molar-refractivity contribution in [2.75, 3.05) is 6.61 Å². The number of halogens is 2. The second-order valence-electron chi connectivity index (χ2n) is 2.83. The molecule has 14 heavy (non-hydrogen) atoms. The summed E-state index contributed by atoms with van der Waals surface area (Å²) in [5.74, 6) is 0.0942. The molecule has 0 aromatic rings. The normalized spacial score (nSPS) is 27.4. The monoisotopic (exact) mass is 219 g/mol. The van der Waals surface area contributed by atoms with E-state index in [1.165, 1.54) is 6.08 Å². The van der Waals surface area contributed by atoms with Crippen molar-refractivity contribution in [3.05, 3.63) is 23.5 Å². The highest BCUT2D eigenvalue weighted by Crippen LogP contribution is 2.37. The van der Waals surface area contributed by atoms with Gasteiger partial charge >= 0.3 is 0 Å². The predicted octanol–water partition coefficient (Wildman–Crippen LogP) is 2.60. The van der Waals surface area contributed by atoms with E-state index >= 15 is 0 Å². The van der Waals surface area contributed by atoms with E-state index < -0.39 is 5.13 Å². The van der Waals surface area contributed by atoms with Crippen molar-refractivity contribution in [2.45, 2.75) is 18.5 Å². The summed E-state index contributed by atoms with van der Waals surface area (Å²) in [5, 5.41) is 9.04. The SMILES string of the molecule is CCOC1=CC=C(/C=N\O)CC1(F)Cl. The standard InChI is InChI=1S/C9H11ClFNO2/c1-2-14-8-4-3-7(6-12-13)5-9(8,10)11/h3-4,6,13H,2,5H2,1H3/b12-6-. The van der Waals surface area contributed by atoms with Crippen LogP contribution >= 0.6 is 11.6 Å². The summed E-state index contributed by atoms with van der Waals surface area (Å²) in [6, 6.07) is 0. The minimum Gasteiger partial charge on any atom is -0.493 e. The Morgan fingerprint density at radius 1 is 1.79 bits per heavy atom. The second kappa shape index (κ2) is 4.46. The van der Waals surface area contributed by atoms with Gasteiger partial charge in [0, 0.05) is 6.42 Å². The van der Waals surface area contributed by atoms with Crippen molar-refractivity contribution < 1.29 is 14.3 Å². The molecule has 0 bridgehead atoms. The Labute approximate surface area is 86.5 Å². The van der Waals surface area contributed by atoms with Gasteiger partial charge in [0.05, 0.1) is 12.8 Å². The van der Waals surface area contributed by atoms with Crippen LogP contribution in [0.3, 0.4) is 0 Å². The van der Waals surface area contributed by atoms with Gasteiger partial charge in [0.25, 0.3) is 0 Å². The molecule has 0 aromatic carbocycles. The molecule has 0 radical (unpaired) electrons. The smallest absolute Gasteiger partial charge is 0.243 e. The molecule has 1 rings (SSSR count). The van der Waals surface area contributed by atoms with Crippen molar-refractivity contribution in [2.24, 2.45) is 5.16 Å². The van der Waals surface area contributed by atoms with E-state index in [1.54, 1.807) is 13.0 Å². The Morgan fingerprint density at radius 3 is 3.00 bits per heavy atom. The summed E-state index contributed by atoms with van der Waals surface area (Å²) < 4.78 is 18.7. The zero-order chi connectivity index (χ0) is 10.6. The maximum absolute atomic E-state index is 13.7. The van der Waals surface area contributed by atoms with E-state index in [0.29, 0.717) is 12.2 Å². The number of hydrogen-bond donors (Lipinski definition) is 1. The quantitative estimate of drug-likeness (QED) is 0.343. The summed E-state index contributed by atoms with van der Waals surface area (Å²) >= 11 is 5.60. The van der Waals surface area contributed by atoms with Gasteiger partial charge in [-0.25, -0.2) is 4.39 Å². The highest BCUT2D eigenvalue weighted by atomic mass is 35.5. The minimum atomic E-state index is -2.04. The van der Waals surface area contributed by atoms with E-state index in [2.05, 4.69) is 5.16 Å². The number of ether oxygens (including phenoxy) is 1. The maximum atomic E-state index is 13.7. The molecular weight excluding hydrogens is 209 g/mol. The summed E-state index contributed by atoms with van der Waals surface area (Å²) in [4.78, 5) is 0. The van der Waals surface area contributed by atoms with Crippen LogP contribution in [0.5, 0.6) is 0 Å². The van der Waals surface area contributed by atoms with Crippen molar-refractivity contribution >= 4 is 17.8 Å². The van der Waals surface area contributed by atoms with Crippen molar-refractivity contribution in [3.63, 3.8) is 0 Å². The molecule has 5 heteroatoms. The zero-order valence-electron chi connectivity index (χ0n) is 7.70. The Kier molecular flexibility index (Phi) is 3.52. The van der Waals surface area contributed by atoms with Gasteiger partial charge in [-0.2, -0.15) is 0 Å². The van der Waals surface area contributed by atoms with Crippen LogP contribution in [0.25, 0.3) is 0 Å². The number of alkyl halides is 2. The molecule has 1 atom stereocenters. The molecule has 78 valence electrons. The molecule has 0 fully saturated rings. The summed E-state index contributed by atoms with van der Waals surface area (Å²) in [6.07, 6.45) is 4.13. The summed E-state index contributed by atoms with van der Waals surface area (Å²) in [6.45, 7) is 2.11. The number of nitrogens with zero attached hydrogens (tertiary/aromatic N) is 1. The highest BCUT2D eigenvalue weighted by molar-refractivity contribution is 6.25. The van der Waals surface area contributed by atoms with Crippen LogP contribution < -0.4 is 0 Å². The lowest BCUT2D eigenvalue weighted by Crippen LogP contribution is -2.23. The Bertz CT molecular complexity index is 297. The molecule has 1 aliphatic carbocycles. The third-order valence-corrected chi connectivity index (χ3v) is 2.08. The fourth-order valence-electron chi connectivity index (χ4n) is 1.18. The number of allylic oxidation sites excluding steroid dienone is 4. The van der Waals surface area contributed by atoms with E-state index in [1.807, 2.05) is 0 Å². The molecule has 0 amide bonds. The number of hydrogen-bond acceptors (Lipinski definition) is 3. The molecule has 1 unspecified atom stereocenters. The molecule has 1 aliphatic rings. The molecular formula is C9H11ClFNO2. The lowest BCUT2D eigenvalue weighted by atomic mass is 10.0. The summed E-state index contributed by atoms with van der Waals surface area (Å²) in [5.41, 5.74) is 0.508. The molecule has 0 spiro atoms. The molecule has 1 N–H and O–H groups in total. The third-order valence-electron chi connectivity index (χ3n) is 1.76. The van der Waals surface area contributed by atoms with E-state index in [4.69, 9.17) is 21.5 Å². The van der Waals surface area contributed by atoms with E-state index in [0.717, 1.165) is 6.21 Å². The Balaban J connectivity index is 2.85. The lowest BCUT2D eigenvalue weighted by molar-refractivity contribution is 0.143. The molecule has 0 saturated heterocycles. The minimum absolute atomic E-state index is 0.0650. The average Bonchev–Trinajstić information content (AvgIpc) is 2.10. The second-order valence-corrected chi connectivity index (χ2v) is 3.43. The van der Waals surface area contributed by atoms with Crippen molar-refractivity contribution in [1.29, 1.82) is 0 Å². The van der Waals surface area contributed by atoms with Crippen LogP contribution in [0.15, 0.2) is 28.6 Å². The molecule has 0 aliphatic heterocycles. The van der Waals surface area contributed by atoms with Crippen molar-refractivity contribution in [3.8, 4) is 0 Å². The average molecular weight is 220 g/mol. The molecule has 3 nitrogen and oxygen atoms in total. The van der Waals surface area contributed by atoms with E-state index in [-0.39, 0.29) is 12.2 Å². The lowest BCUT2D eigenvalue weighted by Gasteiger charge is -2.24. The number of rotatable bonds is 3. The zero-order valence-corrected chi connectivity index (χ0v) is 8.46. The van der Waals surface area contributed by atoms with Gasteiger partial charge < -0.3 is 9.94 Å². The van der Waals surface area contributed by atoms with Crippen LogP contribution in [-0.4, -0.2) is 23.2 Å². The first-order valence-corrected chi connectivity index (χ1v) is 4.57. The highest BCUT2D eigenvalue weighted by Gasteiger charge is 2.36. The molecule has 0 saturated carbocycles. The van der Waals surface area contributed by atoms with E-state index in [9.17, 15) is 4.39 Å².